The van der Waals surface area contributed by atoms with Crippen molar-refractivity contribution in [2.45, 2.75) is 0 Å². The molecule has 2 heterocycles. The molecular formula is C13H13N2O3. The Hall–Kier alpha value is -2.01. The highest BCUT2D eigenvalue weighted by Crippen LogP contribution is 2.07. The number of nitrogens with zero attached hydrogens (tertiary/aromatic N) is 2. The van der Waals surface area contributed by atoms with Gasteiger partial charge in [-0.1, -0.05) is 6.07 Å². The fourth-order valence-electron chi connectivity index (χ4n) is 1.68. The van der Waals surface area contributed by atoms with Crippen molar-refractivity contribution in [1.29, 1.82) is 0 Å². The van der Waals surface area contributed by atoms with Crippen molar-refractivity contribution in [2.24, 2.45) is 0 Å². The maximum absolute atomic E-state index is 12.0. The smallest absolute Gasteiger partial charge is 0.258 e. The van der Waals surface area contributed by atoms with Gasteiger partial charge in [0.25, 0.3) is 5.91 Å². The quantitative estimate of drug-likeness (QED) is 0.440. The number of carbonyl (C=O) groups excluding carboxylic acids is 2. The van der Waals surface area contributed by atoms with E-state index in [4.69, 9.17) is 4.74 Å². The second-order valence-corrected chi connectivity index (χ2v) is 3.82. The predicted molar refractivity (Wildman–Crippen MR) is 65.3 cm³/mol. The Kier molecular flexibility index (Phi) is 4.20. The molecule has 0 N–H and O–H groups in total. The Morgan fingerprint density at radius 3 is 2.78 bits per heavy atom. The van der Waals surface area contributed by atoms with E-state index >= 15 is 0 Å². The number of amides is 1. The van der Waals surface area contributed by atoms with Crippen molar-refractivity contribution in [3.8, 4) is 0 Å². The number of aromatic nitrogens is 1. The molecule has 1 aromatic heterocycles. The zero-order chi connectivity index (χ0) is 12.8. The maximum Gasteiger partial charge on any atom is 0.258 e. The first-order valence-electron chi connectivity index (χ1n) is 5.69. The first-order valence-corrected chi connectivity index (χ1v) is 5.69. The molecule has 18 heavy (non-hydrogen) atoms. The number of carbonyl (C=O) groups is 1. The standard InChI is InChI=1S/C13H13N2O3/c16-10-11(9-12-3-1-2-4-14-12)13(17)15-5-7-18-8-6-15/h1-4,9H,5-8H2. The maximum atomic E-state index is 12.0. The van der Waals surface area contributed by atoms with Crippen LogP contribution in [0.4, 0.5) is 0 Å². The molecule has 0 saturated carbocycles. The molecule has 0 unspecified atom stereocenters. The second kappa shape index (κ2) is 6.07. The summed E-state index contributed by atoms with van der Waals surface area (Å²) in [6.07, 6.45) is 4.74. The number of hydrogen-bond donors (Lipinski definition) is 0. The van der Waals surface area contributed by atoms with Crippen molar-refractivity contribution in [2.75, 3.05) is 26.3 Å². The Balaban J connectivity index is 2.15. The molecule has 5 nitrogen and oxygen atoms in total. The molecule has 0 atom stereocenters. The van der Waals surface area contributed by atoms with Crippen molar-refractivity contribution >= 4 is 18.3 Å². The summed E-state index contributed by atoms with van der Waals surface area (Å²) in [4.78, 5) is 28.6. The zero-order valence-electron chi connectivity index (χ0n) is 9.83. The van der Waals surface area contributed by atoms with Crippen molar-refractivity contribution < 1.29 is 14.3 Å². The first-order chi connectivity index (χ1) is 8.81. The van der Waals surface area contributed by atoms with Gasteiger partial charge in [0.1, 0.15) is 0 Å². The molecule has 1 radical (unpaired) electrons. The number of morpholine rings is 1. The lowest BCUT2D eigenvalue weighted by atomic mass is 10.2. The fourth-order valence-corrected chi connectivity index (χ4v) is 1.68. The van der Waals surface area contributed by atoms with Crippen LogP contribution in [-0.2, 0) is 14.3 Å². The third-order valence-electron chi connectivity index (χ3n) is 2.62. The molecule has 1 saturated heterocycles. The van der Waals surface area contributed by atoms with E-state index in [2.05, 4.69) is 4.98 Å². The van der Waals surface area contributed by atoms with Crippen LogP contribution >= 0.6 is 0 Å². The number of pyridine rings is 1. The van der Waals surface area contributed by atoms with E-state index in [9.17, 15) is 9.59 Å². The van der Waals surface area contributed by atoms with Crippen LogP contribution in [0.1, 0.15) is 5.69 Å². The van der Waals surface area contributed by atoms with Gasteiger partial charge in [-0.2, -0.15) is 0 Å². The highest BCUT2D eigenvalue weighted by molar-refractivity contribution is 6.14. The molecule has 0 spiro atoms. The molecule has 1 aliphatic rings. The lowest BCUT2D eigenvalue weighted by Gasteiger charge is -2.26. The van der Waals surface area contributed by atoms with Crippen molar-refractivity contribution in [3.63, 3.8) is 0 Å². The van der Waals surface area contributed by atoms with Gasteiger partial charge in [-0.05, 0) is 18.2 Å². The van der Waals surface area contributed by atoms with Gasteiger partial charge in [-0.15, -0.1) is 0 Å². The van der Waals surface area contributed by atoms with Gasteiger partial charge >= 0.3 is 0 Å². The molecule has 0 aliphatic carbocycles. The van der Waals surface area contributed by atoms with Gasteiger partial charge in [0.15, 0.2) is 0 Å². The summed E-state index contributed by atoms with van der Waals surface area (Å²) in [5, 5.41) is 0. The normalized spacial score (nSPS) is 16.4. The Bertz CT molecular complexity index is 451. The van der Waals surface area contributed by atoms with Crippen LogP contribution in [0.15, 0.2) is 30.0 Å². The minimum atomic E-state index is -0.320. The van der Waals surface area contributed by atoms with Crippen LogP contribution in [0.3, 0.4) is 0 Å². The van der Waals surface area contributed by atoms with Crippen LogP contribution in [-0.4, -0.2) is 48.4 Å². The van der Waals surface area contributed by atoms with Crippen LogP contribution in [0.2, 0.25) is 0 Å². The molecule has 0 bridgehead atoms. The molecular weight excluding hydrogens is 232 g/mol. The summed E-state index contributed by atoms with van der Waals surface area (Å²) in [5.74, 6) is -0.320. The topological polar surface area (TPSA) is 59.5 Å². The van der Waals surface area contributed by atoms with E-state index < -0.39 is 0 Å². The summed E-state index contributed by atoms with van der Waals surface area (Å²) in [5.41, 5.74) is 0.563. The van der Waals surface area contributed by atoms with Crippen LogP contribution in [0, 0.1) is 0 Å². The molecule has 1 fully saturated rings. The molecule has 0 aromatic carbocycles. The van der Waals surface area contributed by atoms with E-state index in [0.717, 1.165) is 0 Å². The van der Waals surface area contributed by atoms with Crippen LogP contribution < -0.4 is 0 Å². The molecule has 1 aromatic rings. The molecule has 1 aliphatic heterocycles. The average Bonchev–Trinajstić information content (AvgIpc) is 2.46. The highest BCUT2D eigenvalue weighted by atomic mass is 16.5. The third-order valence-corrected chi connectivity index (χ3v) is 2.62. The van der Waals surface area contributed by atoms with Gasteiger partial charge in [0, 0.05) is 19.3 Å². The summed E-state index contributed by atoms with van der Waals surface area (Å²) in [6, 6.07) is 5.29. The molecule has 93 valence electrons. The minimum Gasteiger partial charge on any atom is -0.378 e. The van der Waals surface area contributed by atoms with Gasteiger partial charge in [-0.25, -0.2) is 0 Å². The number of rotatable bonds is 3. The second-order valence-electron chi connectivity index (χ2n) is 3.82. The minimum absolute atomic E-state index is 0.00407. The lowest BCUT2D eigenvalue weighted by Crippen LogP contribution is -2.41. The van der Waals surface area contributed by atoms with Crippen LogP contribution in [0.5, 0.6) is 0 Å². The Morgan fingerprint density at radius 2 is 2.17 bits per heavy atom. The average molecular weight is 245 g/mol. The van der Waals surface area contributed by atoms with Crippen molar-refractivity contribution in [3.05, 3.63) is 35.7 Å². The fraction of sp³-hybridized carbons (Fsp3) is 0.308. The van der Waals surface area contributed by atoms with Gasteiger partial charge < -0.3 is 9.64 Å². The van der Waals surface area contributed by atoms with E-state index in [1.54, 1.807) is 35.6 Å². The highest BCUT2D eigenvalue weighted by Gasteiger charge is 2.20. The van der Waals surface area contributed by atoms with Gasteiger partial charge in [0.2, 0.25) is 6.29 Å². The SMILES string of the molecule is O=[C]C(=Cc1ccccn1)C(=O)N1CCOCC1. The van der Waals surface area contributed by atoms with E-state index in [0.29, 0.717) is 32.0 Å². The molecule has 5 heteroatoms. The molecule has 2 rings (SSSR count). The molecule has 1 amide bonds. The summed E-state index contributed by atoms with van der Waals surface area (Å²) >= 11 is 0. The predicted octanol–water partition coefficient (Wildman–Crippen LogP) is 0.433. The van der Waals surface area contributed by atoms with Crippen molar-refractivity contribution in [1.82, 2.24) is 9.88 Å². The van der Waals surface area contributed by atoms with E-state index in [1.165, 1.54) is 6.08 Å². The largest absolute Gasteiger partial charge is 0.378 e. The summed E-state index contributed by atoms with van der Waals surface area (Å²) in [7, 11) is 0. The first kappa shape index (κ1) is 12.4. The van der Waals surface area contributed by atoms with Crippen LogP contribution in [0.25, 0.3) is 6.08 Å². The third kappa shape index (κ3) is 3.01. The summed E-state index contributed by atoms with van der Waals surface area (Å²) < 4.78 is 5.16. The lowest BCUT2D eigenvalue weighted by molar-refractivity contribution is -0.130. The number of ether oxygens (including phenoxy) is 1. The van der Waals surface area contributed by atoms with E-state index in [-0.39, 0.29) is 11.5 Å². The zero-order valence-corrected chi connectivity index (χ0v) is 9.83. The van der Waals surface area contributed by atoms with Gasteiger partial charge in [0.05, 0.1) is 24.5 Å². The summed E-state index contributed by atoms with van der Waals surface area (Å²) in [6.45, 7) is 2.00. The van der Waals surface area contributed by atoms with E-state index in [1.807, 2.05) is 0 Å². The monoisotopic (exact) mass is 245 g/mol. The number of hydrogen-bond acceptors (Lipinski definition) is 4. The van der Waals surface area contributed by atoms with Gasteiger partial charge in [-0.3, -0.25) is 14.6 Å². The Morgan fingerprint density at radius 1 is 1.39 bits per heavy atom. The Labute approximate surface area is 105 Å².